The van der Waals surface area contributed by atoms with Crippen LogP contribution < -0.4 is 0 Å². The third-order valence-corrected chi connectivity index (χ3v) is 0.611. The fourth-order valence-electron chi connectivity index (χ4n) is 0.123. The first-order chi connectivity index (χ1) is 5.04. The molecular weight excluding hydrogens is 176 g/mol. The molecule has 0 unspecified atom stereocenters. The van der Waals surface area contributed by atoms with Crippen molar-refractivity contribution in [1.29, 1.82) is 0 Å². The minimum Gasteiger partial charge on any atom is -0.480 e. The van der Waals surface area contributed by atoms with E-state index in [-0.39, 0.29) is 12.5 Å². The van der Waals surface area contributed by atoms with Gasteiger partial charge in [-0.1, -0.05) is 0 Å². The van der Waals surface area contributed by atoms with Gasteiger partial charge in [-0.3, -0.25) is 4.79 Å². The first-order valence-electron chi connectivity index (χ1n) is 2.53. The number of ether oxygens (including phenoxy) is 1. The van der Waals surface area contributed by atoms with E-state index < -0.39 is 11.9 Å². The smallest absolute Gasteiger partial charge is 0.329 e. The molecule has 0 aliphatic rings. The minimum atomic E-state index is -0.980. The number of aliphatic carboxylic acids is 2. The Kier molecular flexibility index (Phi) is 10.7. The molecule has 0 amide bonds. The van der Waals surface area contributed by atoms with Crippen molar-refractivity contribution in [2.75, 3.05) is 19.6 Å². The van der Waals surface area contributed by atoms with Gasteiger partial charge in [-0.15, -0.1) is 11.6 Å². The highest BCUT2D eigenvalue weighted by molar-refractivity contribution is 6.26. The van der Waals surface area contributed by atoms with Crippen LogP contribution in [0.5, 0.6) is 0 Å². The van der Waals surface area contributed by atoms with E-state index in [1.165, 1.54) is 7.11 Å². The van der Waals surface area contributed by atoms with Crippen molar-refractivity contribution >= 4 is 23.5 Å². The van der Waals surface area contributed by atoms with Gasteiger partial charge in [-0.2, -0.15) is 0 Å². The lowest BCUT2D eigenvalue weighted by Gasteiger charge is -1.83. The second-order valence-electron chi connectivity index (χ2n) is 1.35. The van der Waals surface area contributed by atoms with Gasteiger partial charge in [0.15, 0.2) is 0 Å². The van der Waals surface area contributed by atoms with Crippen LogP contribution in [0.25, 0.3) is 0 Å². The average Bonchev–Trinajstić information content (AvgIpc) is 1.89. The topological polar surface area (TPSA) is 83.8 Å². The van der Waals surface area contributed by atoms with Gasteiger partial charge >= 0.3 is 11.9 Å². The Morgan fingerprint density at radius 2 is 1.73 bits per heavy atom. The predicted octanol–water partition coefficient (Wildman–Crippen LogP) is 0.0272. The van der Waals surface area contributed by atoms with E-state index in [0.717, 1.165) is 0 Å². The monoisotopic (exact) mass is 184 g/mol. The third kappa shape index (κ3) is 27.1. The van der Waals surface area contributed by atoms with Gasteiger partial charge in [0, 0.05) is 7.11 Å². The standard InChI is InChI=1S/C3H6O3.C2H3ClO2/c1-6-2-3(4)5;3-1-2(4)5/h2H2,1H3,(H,4,5);1H2,(H,4,5). The second-order valence-corrected chi connectivity index (χ2v) is 1.62. The Bertz CT molecular complexity index is 124. The van der Waals surface area contributed by atoms with Gasteiger partial charge in [0.25, 0.3) is 0 Å². The SMILES string of the molecule is COCC(=O)O.O=C(O)CCl. The molecule has 0 fully saturated rings. The summed E-state index contributed by atoms with van der Waals surface area (Å²) < 4.78 is 4.20. The summed E-state index contributed by atoms with van der Waals surface area (Å²) in [7, 11) is 1.34. The Morgan fingerprint density at radius 1 is 1.36 bits per heavy atom. The van der Waals surface area contributed by atoms with Crippen molar-refractivity contribution in [3.63, 3.8) is 0 Å². The molecule has 0 saturated heterocycles. The lowest BCUT2D eigenvalue weighted by atomic mass is 10.8. The van der Waals surface area contributed by atoms with Crippen LogP contribution in [0.4, 0.5) is 0 Å². The van der Waals surface area contributed by atoms with Crippen LogP contribution in [0.2, 0.25) is 0 Å². The molecule has 0 atom stereocenters. The number of carboxylic acid groups (broad SMARTS) is 2. The number of methoxy groups -OCH3 is 1. The van der Waals surface area contributed by atoms with Crippen LogP contribution in [-0.4, -0.2) is 41.7 Å². The van der Waals surface area contributed by atoms with Crippen molar-refractivity contribution < 1.29 is 24.5 Å². The van der Waals surface area contributed by atoms with Crippen LogP contribution >= 0.6 is 11.6 Å². The zero-order valence-electron chi connectivity index (χ0n) is 5.91. The normalized spacial score (nSPS) is 7.82. The summed E-state index contributed by atoms with van der Waals surface area (Å²) in [5.74, 6) is -2.22. The Balaban J connectivity index is 0. The quantitative estimate of drug-likeness (QED) is 0.605. The number of hydrogen-bond donors (Lipinski definition) is 2. The molecule has 2 N–H and O–H groups in total. The molecule has 11 heavy (non-hydrogen) atoms. The fourth-order valence-corrected chi connectivity index (χ4v) is 0.123. The Hall–Kier alpha value is -0.810. The number of hydrogen-bond acceptors (Lipinski definition) is 3. The van der Waals surface area contributed by atoms with E-state index >= 15 is 0 Å². The van der Waals surface area contributed by atoms with Gasteiger partial charge in [0.1, 0.15) is 12.5 Å². The van der Waals surface area contributed by atoms with Gasteiger partial charge < -0.3 is 14.9 Å². The molecule has 0 aromatic heterocycles. The van der Waals surface area contributed by atoms with Gasteiger partial charge in [0.2, 0.25) is 0 Å². The van der Waals surface area contributed by atoms with E-state index in [1.807, 2.05) is 0 Å². The predicted molar refractivity (Wildman–Crippen MR) is 37.9 cm³/mol. The van der Waals surface area contributed by atoms with E-state index in [2.05, 4.69) is 4.74 Å². The van der Waals surface area contributed by atoms with Crippen LogP contribution in [-0.2, 0) is 14.3 Å². The molecular formula is C5H9ClO5. The molecule has 5 nitrogen and oxygen atoms in total. The van der Waals surface area contributed by atoms with Gasteiger partial charge in [-0.25, -0.2) is 4.79 Å². The molecule has 0 radical (unpaired) electrons. The molecule has 0 aromatic carbocycles. The molecule has 0 heterocycles. The van der Waals surface area contributed by atoms with Crippen molar-refractivity contribution in [3.05, 3.63) is 0 Å². The summed E-state index contributed by atoms with van der Waals surface area (Å²) in [6.07, 6.45) is 0. The summed E-state index contributed by atoms with van der Waals surface area (Å²) in [5, 5.41) is 15.4. The Morgan fingerprint density at radius 3 is 1.73 bits per heavy atom. The Labute approximate surface area is 68.5 Å². The molecule has 0 aliphatic heterocycles. The van der Waals surface area contributed by atoms with Crippen molar-refractivity contribution in [3.8, 4) is 0 Å². The maximum absolute atomic E-state index is 9.47. The van der Waals surface area contributed by atoms with E-state index in [4.69, 9.17) is 21.8 Å². The number of halogens is 1. The van der Waals surface area contributed by atoms with Crippen molar-refractivity contribution in [2.24, 2.45) is 0 Å². The summed E-state index contributed by atoms with van der Waals surface area (Å²) >= 11 is 4.74. The lowest BCUT2D eigenvalue weighted by Crippen LogP contribution is -2.02. The van der Waals surface area contributed by atoms with Crippen LogP contribution in [0.3, 0.4) is 0 Å². The first-order valence-corrected chi connectivity index (χ1v) is 3.06. The molecule has 0 aliphatic carbocycles. The maximum atomic E-state index is 9.47. The summed E-state index contributed by atoms with van der Waals surface area (Å²) in [4.78, 5) is 18.7. The number of rotatable bonds is 3. The maximum Gasteiger partial charge on any atom is 0.329 e. The fraction of sp³-hybridized carbons (Fsp3) is 0.600. The van der Waals surface area contributed by atoms with E-state index in [1.54, 1.807) is 0 Å². The summed E-state index contributed by atoms with van der Waals surface area (Å²) in [6.45, 7) is -0.208. The second kappa shape index (κ2) is 9.19. The minimum absolute atomic E-state index is 0.208. The van der Waals surface area contributed by atoms with E-state index in [0.29, 0.717) is 0 Å². The lowest BCUT2D eigenvalue weighted by molar-refractivity contribution is -0.141. The van der Waals surface area contributed by atoms with Crippen LogP contribution in [0.1, 0.15) is 0 Å². The largest absolute Gasteiger partial charge is 0.480 e. The van der Waals surface area contributed by atoms with Crippen LogP contribution in [0.15, 0.2) is 0 Å². The molecule has 6 heteroatoms. The number of carbonyl (C=O) groups is 2. The molecule has 0 aromatic rings. The number of carboxylic acids is 2. The van der Waals surface area contributed by atoms with Gasteiger partial charge in [0.05, 0.1) is 0 Å². The molecule has 0 saturated carbocycles. The average molecular weight is 185 g/mol. The van der Waals surface area contributed by atoms with Gasteiger partial charge in [-0.05, 0) is 0 Å². The first kappa shape index (κ1) is 12.8. The highest BCUT2D eigenvalue weighted by Gasteiger charge is 1.87. The molecule has 66 valence electrons. The van der Waals surface area contributed by atoms with Crippen molar-refractivity contribution in [1.82, 2.24) is 0 Å². The highest BCUT2D eigenvalue weighted by atomic mass is 35.5. The summed E-state index contributed by atoms with van der Waals surface area (Å²) in [6, 6.07) is 0. The number of alkyl halides is 1. The molecule has 0 spiro atoms. The van der Waals surface area contributed by atoms with Crippen LogP contribution in [0, 0.1) is 0 Å². The molecule has 0 bridgehead atoms. The zero-order chi connectivity index (χ0) is 9.28. The molecule has 0 rings (SSSR count). The third-order valence-electron chi connectivity index (χ3n) is 0.382. The zero-order valence-corrected chi connectivity index (χ0v) is 6.67. The summed E-state index contributed by atoms with van der Waals surface area (Å²) in [5.41, 5.74) is 0. The highest BCUT2D eigenvalue weighted by Crippen LogP contribution is 1.67. The van der Waals surface area contributed by atoms with E-state index in [9.17, 15) is 9.59 Å². The van der Waals surface area contributed by atoms with Crippen molar-refractivity contribution in [2.45, 2.75) is 0 Å².